The van der Waals surface area contributed by atoms with Crippen molar-refractivity contribution in [2.75, 3.05) is 0 Å². The minimum atomic E-state index is -3.81. The van der Waals surface area contributed by atoms with E-state index in [0.717, 1.165) is 0 Å². The van der Waals surface area contributed by atoms with Gasteiger partial charge in [-0.15, -0.1) is 0 Å². The van der Waals surface area contributed by atoms with Crippen molar-refractivity contribution in [2.45, 2.75) is 11.8 Å². The summed E-state index contributed by atoms with van der Waals surface area (Å²) in [5.41, 5.74) is 0.689. The highest BCUT2D eigenvalue weighted by molar-refractivity contribution is 7.87. The largest absolute Gasteiger partial charge is 0.379 e. The normalized spacial score (nSPS) is 11.2. The second-order valence-corrected chi connectivity index (χ2v) is 5.72. The summed E-state index contributed by atoms with van der Waals surface area (Å²) in [6, 6.07) is 12.8. The van der Waals surface area contributed by atoms with Crippen LogP contribution in [0.15, 0.2) is 53.4 Å². The molecule has 0 bridgehead atoms. The molecule has 18 heavy (non-hydrogen) atoms. The van der Waals surface area contributed by atoms with Gasteiger partial charge in [0.15, 0.2) is 0 Å². The molecule has 0 aliphatic carbocycles. The number of hydrogen-bond donors (Lipinski definition) is 0. The number of hydrogen-bond acceptors (Lipinski definition) is 3. The van der Waals surface area contributed by atoms with E-state index in [2.05, 4.69) is 0 Å². The molecule has 3 nitrogen and oxygen atoms in total. The van der Waals surface area contributed by atoms with Gasteiger partial charge >= 0.3 is 10.1 Å². The fraction of sp³-hybridized carbons (Fsp3) is 0.0769. The fourth-order valence-corrected chi connectivity index (χ4v) is 2.56. The van der Waals surface area contributed by atoms with Crippen molar-refractivity contribution < 1.29 is 12.6 Å². The molecule has 0 saturated carbocycles. The van der Waals surface area contributed by atoms with Crippen LogP contribution in [-0.2, 0) is 10.1 Å². The zero-order chi connectivity index (χ0) is 13.2. The first-order chi connectivity index (χ1) is 8.49. The van der Waals surface area contributed by atoms with Gasteiger partial charge < -0.3 is 4.18 Å². The van der Waals surface area contributed by atoms with Crippen molar-refractivity contribution in [3.63, 3.8) is 0 Å². The van der Waals surface area contributed by atoms with E-state index in [1.165, 1.54) is 18.2 Å². The molecule has 0 radical (unpaired) electrons. The average molecular weight is 283 g/mol. The highest BCUT2D eigenvalue weighted by Crippen LogP contribution is 2.22. The lowest BCUT2D eigenvalue weighted by atomic mass is 10.2. The zero-order valence-electron chi connectivity index (χ0n) is 9.63. The van der Waals surface area contributed by atoms with Crippen LogP contribution in [0.1, 0.15) is 5.56 Å². The maximum atomic E-state index is 12.0. The Morgan fingerprint density at radius 3 is 2.33 bits per heavy atom. The van der Waals surface area contributed by atoms with Gasteiger partial charge in [0.2, 0.25) is 0 Å². The summed E-state index contributed by atoms with van der Waals surface area (Å²) < 4.78 is 29.0. The maximum absolute atomic E-state index is 12.0. The molecule has 2 aromatic carbocycles. The van der Waals surface area contributed by atoms with Crippen LogP contribution in [0.25, 0.3) is 0 Å². The van der Waals surface area contributed by atoms with Crippen molar-refractivity contribution >= 4 is 21.7 Å². The molecular weight excluding hydrogens is 272 g/mol. The first-order valence-corrected chi connectivity index (χ1v) is 7.03. The predicted molar refractivity (Wildman–Crippen MR) is 70.4 cm³/mol. The fourth-order valence-electron chi connectivity index (χ4n) is 1.42. The molecule has 0 spiro atoms. The van der Waals surface area contributed by atoms with Crippen LogP contribution < -0.4 is 4.18 Å². The van der Waals surface area contributed by atoms with E-state index in [1.807, 2.05) is 0 Å². The van der Waals surface area contributed by atoms with Crippen LogP contribution >= 0.6 is 11.6 Å². The zero-order valence-corrected chi connectivity index (χ0v) is 11.2. The topological polar surface area (TPSA) is 43.4 Å². The van der Waals surface area contributed by atoms with Gasteiger partial charge in [-0.2, -0.15) is 8.42 Å². The lowest BCUT2D eigenvalue weighted by Crippen LogP contribution is -2.09. The third kappa shape index (κ3) is 2.83. The Morgan fingerprint density at radius 1 is 1.06 bits per heavy atom. The summed E-state index contributed by atoms with van der Waals surface area (Å²) in [4.78, 5) is 0.0910. The number of halogens is 1. The monoisotopic (exact) mass is 282 g/mol. The molecule has 2 rings (SSSR count). The molecule has 0 saturated heterocycles. The van der Waals surface area contributed by atoms with E-state index >= 15 is 0 Å². The molecule has 0 N–H and O–H groups in total. The van der Waals surface area contributed by atoms with Crippen LogP contribution in [0.3, 0.4) is 0 Å². The minimum absolute atomic E-state index is 0.0910. The second kappa shape index (κ2) is 5.00. The Balaban J connectivity index is 2.34. The Bertz CT molecular complexity index is 651. The molecule has 0 heterocycles. The first-order valence-electron chi connectivity index (χ1n) is 5.25. The summed E-state index contributed by atoms with van der Waals surface area (Å²) >= 11 is 5.86. The molecule has 0 amide bonds. The van der Waals surface area contributed by atoms with Gasteiger partial charge in [-0.25, -0.2) is 0 Å². The molecule has 0 fully saturated rings. The molecule has 0 aliphatic rings. The highest BCUT2D eigenvalue weighted by atomic mass is 35.5. The van der Waals surface area contributed by atoms with Crippen LogP contribution in [0.5, 0.6) is 5.75 Å². The lowest BCUT2D eigenvalue weighted by Gasteiger charge is -2.07. The number of rotatable bonds is 3. The summed E-state index contributed by atoms with van der Waals surface area (Å²) in [7, 11) is -3.81. The summed E-state index contributed by atoms with van der Waals surface area (Å²) in [5.74, 6) is 0.283. The van der Waals surface area contributed by atoms with Crippen LogP contribution in [0.4, 0.5) is 0 Å². The molecule has 0 unspecified atom stereocenters. The van der Waals surface area contributed by atoms with E-state index in [4.69, 9.17) is 15.8 Å². The Kier molecular flexibility index (Phi) is 3.59. The van der Waals surface area contributed by atoms with Crippen LogP contribution in [-0.4, -0.2) is 8.42 Å². The van der Waals surface area contributed by atoms with Crippen molar-refractivity contribution in [3.05, 3.63) is 59.1 Å². The van der Waals surface area contributed by atoms with Gasteiger partial charge in [0.05, 0.1) is 0 Å². The second-order valence-electron chi connectivity index (χ2n) is 3.76. The SMILES string of the molecule is Cc1cc(S(=O)(=O)Oc2ccccc2)ccc1Cl. The standard InChI is InChI=1S/C13H11ClO3S/c1-10-9-12(7-8-13(10)14)18(15,16)17-11-5-3-2-4-6-11/h2-9H,1H3. The summed E-state index contributed by atoms with van der Waals surface area (Å²) in [6.07, 6.45) is 0. The smallest absolute Gasteiger partial charge is 0.339 e. The van der Waals surface area contributed by atoms with Gasteiger partial charge in [0.25, 0.3) is 0 Å². The maximum Gasteiger partial charge on any atom is 0.339 e. The molecule has 94 valence electrons. The van der Waals surface area contributed by atoms with Gasteiger partial charge in [0, 0.05) is 5.02 Å². The van der Waals surface area contributed by atoms with Crippen molar-refractivity contribution in [1.82, 2.24) is 0 Å². The molecule has 0 aliphatic heterocycles. The molecule has 0 atom stereocenters. The Morgan fingerprint density at radius 2 is 1.72 bits per heavy atom. The van der Waals surface area contributed by atoms with Crippen molar-refractivity contribution in [2.24, 2.45) is 0 Å². The van der Waals surface area contributed by atoms with E-state index < -0.39 is 10.1 Å². The van der Waals surface area contributed by atoms with Gasteiger partial charge in [-0.3, -0.25) is 0 Å². The average Bonchev–Trinajstić information content (AvgIpc) is 2.33. The number of benzene rings is 2. The minimum Gasteiger partial charge on any atom is -0.379 e. The highest BCUT2D eigenvalue weighted by Gasteiger charge is 2.17. The van der Waals surface area contributed by atoms with Crippen LogP contribution in [0.2, 0.25) is 5.02 Å². The van der Waals surface area contributed by atoms with Gasteiger partial charge in [-0.05, 0) is 42.8 Å². The van der Waals surface area contributed by atoms with Crippen molar-refractivity contribution in [1.29, 1.82) is 0 Å². The third-order valence-corrected chi connectivity index (χ3v) is 4.03. The van der Waals surface area contributed by atoms with Crippen molar-refractivity contribution in [3.8, 4) is 5.75 Å². The predicted octanol–water partition coefficient (Wildman–Crippen LogP) is 3.42. The van der Waals surface area contributed by atoms with Crippen LogP contribution in [0, 0.1) is 6.92 Å². The summed E-state index contributed by atoms with van der Waals surface area (Å²) in [5, 5.41) is 0.522. The molecule has 2 aromatic rings. The Labute approximate surface area is 111 Å². The molecular formula is C13H11ClO3S. The lowest BCUT2D eigenvalue weighted by molar-refractivity contribution is 0.486. The molecule has 5 heteroatoms. The third-order valence-electron chi connectivity index (χ3n) is 2.37. The van der Waals surface area contributed by atoms with E-state index in [1.54, 1.807) is 37.3 Å². The van der Waals surface area contributed by atoms with E-state index in [0.29, 0.717) is 10.6 Å². The quantitative estimate of drug-likeness (QED) is 0.810. The molecule has 0 aromatic heterocycles. The van der Waals surface area contributed by atoms with E-state index in [9.17, 15) is 8.42 Å². The number of aryl methyl sites for hydroxylation is 1. The summed E-state index contributed by atoms with van der Waals surface area (Å²) in [6.45, 7) is 1.74. The van der Waals surface area contributed by atoms with E-state index in [-0.39, 0.29) is 10.6 Å². The number of para-hydroxylation sites is 1. The first kappa shape index (κ1) is 12.9. The van der Waals surface area contributed by atoms with Gasteiger partial charge in [-0.1, -0.05) is 29.8 Å². The van der Waals surface area contributed by atoms with Gasteiger partial charge in [0.1, 0.15) is 10.6 Å². The Hall–Kier alpha value is -1.52.